The SMILES string of the molecule is C[C@]12[C@H](CC[C@@]34COC(=O)[C@@H]3C=CC[C@@H]41)C(=O)O[C@H]2[C@@H](O)c1ccoc1. The number of esters is 2. The number of cyclic esters (lactones) is 2. The second-order valence-corrected chi connectivity index (χ2v) is 8.35. The fraction of sp³-hybridized carbons (Fsp3) is 0.600. The van der Waals surface area contributed by atoms with Gasteiger partial charge in [-0.05, 0) is 31.2 Å². The van der Waals surface area contributed by atoms with Gasteiger partial charge in [0.05, 0.1) is 31.0 Å². The van der Waals surface area contributed by atoms with Crippen molar-refractivity contribution in [2.75, 3.05) is 6.61 Å². The summed E-state index contributed by atoms with van der Waals surface area (Å²) in [4.78, 5) is 24.9. The molecule has 1 spiro atoms. The second kappa shape index (κ2) is 5.22. The third-order valence-corrected chi connectivity index (χ3v) is 7.46. The minimum atomic E-state index is -0.953. The minimum Gasteiger partial charge on any atom is -0.472 e. The summed E-state index contributed by atoms with van der Waals surface area (Å²) >= 11 is 0. The summed E-state index contributed by atoms with van der Waals surface area (Å²) in [5, 5.41) is 11.0. The number of ether oxygens (including phenoxy) is 2. The highest BCUT2D eigenvalue weighted by Gasteiger charge is 2.70. The molecule has 2 aliphatic carbocycles. The highest BCUT2D eigenvalue weighted by molar-refractivity contribution is 5.80. The van der Waals surface area contributed by atoms with Crippen molar-refractivity contribution in [1.82, 2.24) is 0 Å². The first-order chi connectivity index (χ1) is 12.5. The number of aliphatic hydroxyl groups excluding tert-OH is 1. The van der Waals surface area contributed by atoms with Crippen LogP contribution in [0.3, 0.4) is 0 Å². The van der Waals surface area contributed by atoms with E-state index in [1.165, 1.54) is 12.5 Å². The molecule has 6 nitrogen and oxygen atoms in total. The molecule has 1 N–H and O–H groups in total. The van der Waals surface area contributed by atoms with Crippen LogP contribution >= 0.6 is 0 Å². The van der Waals surface area contributed by atoms with Crippen LogP contribution in [-0.4, -0.2) is 29.8 Å². The number of fused-ring (bicyclic) bond motifs is 2. The molecule has 0 amide bonds. The van der Waals surface area contributed by atoms with Gasteiger partial charge in [-0.25, -0.2) is 0 Å². The summed E-state index contributed by atoms with van der Waals surface area (Å²) in [5.74, 6) is -0.918. The Bertz CT molecular complexity index is 782. The highest BCUT2D eigenvalue weighted by atomic mass is 16.6. The molecule has 2 aliphatic heterocycles. The van der Waals surface area contributed by atoms with Crippen molar-refractivity contribution < 1.29 is 28.6 Å². The van der Waals surface area contributed by atoms with E-state index in [2.05, 4.69) is 0 Å². The van der Waals surface area contributed by atoms with E-state index in [4.69, 9.17) is 13.9 Å². The Morgan fingerprint density at radius 2 is 2.15 bits per heavy atom. The molecule has 0 unspecified atom stereocenters. The normalized spacial score (nSPS) is 44.7. The van der Waals surface area contributed by atoms with Crippen LogP contribution in [0.15, 0.2) is 35.2 Å². The first-order valence-electron chi connectivity index (χ1n) is 9.22. The molecule has 7 atom stereocenters. The first-order valence-corrected chi connectivity index (χ1v) is 9.22. The summed E-state index contributed by atoms with van der Waals surface area (Å²) in [7, 11) is 0. The van der Waals surface area contributed by atoms with Crippen molar-refractivity contribution in [3.05, 3.63) is 36.3 Å². The molecule has 1 aromatic rings. The standard InChI is InChI=1S/C20H22O6/c1-19-12(18(23)26-16(19)15(21)11-6-8-24-9-11)5-7-20-10-25-17(22)13(20)3-2-4-14(19)20/h2-3,6,8-9,12-16,21H,4-5,7,10H2,1H3/t12-,13+,14-,15+,16+,19+,20-/m1/s1. The third-order valence-electron chi connectivity index (χ3n) is 7.46. The van der Waals surface area contributed by atoms with E-state index < -0.39 is 17.6 Å². The number of aliphatic hydroxyl groups is 1. The molecule has 6 heteroatoms. The minimum absolute atomic E-state index is 0.0354. The highest BCUT2D eigenvalue weighted by Crippen LogP contribution is 2.67. The van der Waals surface area contributed by atoms with Gasteiger partial charge in [0.1, 0.15) is 12.2 Å². The Labute approximate surface area is 151 Å². The maximum absolute atomic E-state index is 12.7. The van der Waals surface area contributed by atoms with Crippen LogP contribution in [0.1, 0.15) is 37.9 Å². The van der Waals surface area contributed by atoms with Crippen LogP contribution in [0.5, 0.6) is 0 Å². The number of furan rings is 1. The average molecular weight is 358 g/mol. The predicted octanol–water partition coefficient (Wildman–Crippen LogP) is 2.39. The van der Waals surface area contributed by atoms with Crippen LogP contribution in [0.2, 0.25) is 0 Å². The smallest absolute Gasteiger partial charge is 0.313 e. The molecule has 3 heterocycles. The Balaban J connectivity index is 1.60. The van der Waals surface area contributed by atoms with Crippen molar-refractivity contribution in [1.29, 1.82) is 0 Å². The monoisotopic (exact) mass is 358 g/mol. The molecular weight excluding hydrogens is 336 g/mol. The van der Waals surface area contributed by atoms with Crippen LogP contribution in [0.4, 0.5) is 0 Å². The molecule has 2 saturated heterocycles. The van der Waals surface area contributed by atoms with Crippen molar-refractivity contribution in [2.45, 2.75) is 38.4 Å². The van der Waals surface area contributed by atoms with Gasteiger partial charge in [-0.1, -0.05) is 19.1 Å². The number of rotatable bonds is 2. The van der Waals surface area contributed by atoms with Crippen molar-refractivity contribution in [3.63, 3.8) is 0 Å². The maximum atomic E-state index is 12.7. The molecule has 0 radical (unpaired) electrons. The topological polar surface area (TPSA) is 86.0 Å². The van der Waals surface area contributed by atoms with E-state index in [-0.39, 0.29) is 35.1 Å². The lowest BCUT2D eigenvalue weighted by Gasteiger charge is -2.55. The van der Waals surface area contributed by atoms with Gasteiger partial charge in [-0.15, -0.1) is 0 Å². The third kappa shape index (κ3) is 1.80. The van der Waals surface area contributed by atoms with Gasteiger partial charge in [-0.2, -0.15) is 0 Å². The van der Waals surface area contributed by atoms with Crippen molar-refractivity contribution >= 4 is 11.9 Å². The molecular formula is C20H22O6. The molecule has 4 aliphatic rings. The van der Waals surface area contributed by atoms with Gasteiger partial charge in [0.15, 0.2) is 0 Å². The van der Waals surface area contributed by atoms with Crippen LogP contribution in [0, 0.1) is 28.6 Å². The summed E-state index contributed by atoms with van der Waals surface area (Å²) in [6.45, 7) is 2.43. The van der Waals surface area contributed by atoms with Crippen LogP contribution in [-0.2, 0) is 19.1 Å². The van der Waals surface area contributed by atoms with E-state index in [0.717, 1.165) is 12.8 Å². The number of hydrogen-bond acceptors (Lipinski definition) is 6. The number of hydrogen-bond donors (Lipinski definition) is 1. The van der Waals surface area contributed by atoms with E-state index in [9.17, 15) is 14.7 Å². The molecule has 0 aromatic carbocycles. The second-order valence-electron chi connectivity index (χ2n) is 8.35. The molecule has 3 fully saturated rings. The summed E-state index contributed by atoms with van der Waals surface area (Å²) in [5.41, 5.74) is -0.270. The lowest BCUT2D eigenvalue weighted by molar-refractivity contribution is -0.149. The molecule has 26 heavy (non-hydrogen) atoms. The summed E-state index contributed by atoms with van der Waals surface area (Å²) in [6.07, 6.45) is 7.54. The Hall–Kier alpha value is -2.08. The fourth-order valence-electron chi connectivity index (χ4n) is 6.16. The van der Waals surface area contributed by atoms with Gasteiger partial charge < -0.3 is 19.0 Å². The van der Waals surface area contributed by atoms with E-state index >= 15 is 0 Å². The van der Waals surface area contributed by atoms with Crippen LogP contribution < -0.4 is 0 Å². The number of allylic oxidation sites excluding steroid dienone is 1. The Morgan fingerprint density at radius 1 is 1.31 bits per heavy atom. The number of carbonyl (C=O) groups excluding carboxylic acids is 2. The van der Waals surface area contributed by atoms with Gasteiger partial charge >= 0.3 is 11.9 Å². The zero-order chi connectivity index (χ0) is 18.1. The molecule has 138 valence electrons. The van der Waals surface area contributed by atoms with Gasteiger partial charge in [0, 0.05) is 16.4 Å². The van der Waals surface area contributed by atoms with Crippen molar-refractivity contribution in [2.24, 2.45) is 28.6 Å². The maximum Gasteiger partial charge on any atom is 0.313 e. The van der Waals surface area contributed by atoms with E-state index in [0.29, 0.717) is 18.6 Å². The zero-order valence-corrected chi connectivity index (χ0v) is 14.6. The lowest BCUT2D eigenvalue weighted by Crippen LogP contribution is -2.57. The molecule has 1 saturated carbocycles. The molecule has 0 bridgehead atoms. The largest absolute Gasteiger partial charge is 0.472 e. The van der Waals surface area contributed by atoms with Gasteiger partial charge in [0.2, 0.25) is 0 Å². The average Bonchev–Trinajstić information content (AvgIpc) is 3.33. The van der Waals surface area contributed by atoms with Crippen LogP contribution in [0.25, 0.3) is 0 Å². The lowest BCUT2D eigenvalue weighted by atomic mass is 9.45. The Morgan fingerprint density at radius 3 is 2.92 bits per heavy atom. The predicted molar refractivity (Wildman–Crippen MR) is 88.5 cm³/mol. The summed E-state index contributed by atoms with van der Waals surface area (Å²) in [6, 6.07) is 1.69. The quantitative estimate of drug-likeness (QED) is 0.645. The number of carbonyl (C=O) groups is 2. The molecule has 1 aromatic heterocycles. The van der Waals surface area contributed by atoms with Crippen molar-refractivity contribution in [3.8, 4) is 0 Å². The summed E-state index contributed by atoms with van der Waals surface area (Å²) < 4.78 is 16.3. The van der Waals surface area contributed by atoms with Gasteiger partial charge in [0.25, 0.3) is 0 Å². The molecule has 5 rings (SSSR count). The fourth-order valence-corrected chi connectivity index (χ4v) is 6.16. The first kappa shape index (κ1) is 16.1. The Kier molecular flexibility index (Phi) is 3.24. The van der Waals surface area contributed by atoms with E-state index in [1.54, 1.807) is 6.07 Å². The zero-order valence-electron chi connectivity index (χ0n) is 14.6. The van der Waals surface area contributed by atoms with E-state index in [1.807, 2.05) is 19.1 Å². The van der Waals surface area contributed by atoms with Gasteiger partial charge in [-0.3, -0.25) is 9.59 Å².